The first-order chi connectivity index (χ1) is 17.6. The van der Waals surface area contributed by atoms with Crippen molar-refractivity contribution >= 4 is 45.4 Å². The lowest BCUT2D eigenvalue weighted by Crippen LogP contribution is -2.24. The van der Waals surface area contributed by atoms with E-state index in [1.54, 1.807) is 22.8 Å². The van der Waals surface area contributed by atoms with Crippen LogP contribution in [-0.2, 0) is 4.79 Å². The monoisotopic (exact) mass is 512 g/mol. The number of phenols is 1. The maximum absolute atomic E-state index is 13.8. The molecule has 0 aliphatic carbocycles. The van der Waals surface area contributed by atoms with E-state index in [-0.39, 0.29) is 23.0 Å². The summed E-state index contributed by atoms with van der Waals surface area (Å²) in [5.74, 6) is -0.295. The number of aromatic nitrogens is 2. The van der Waals surface area contributed by atoms with Crippen LogP contribution in [0, 0.1) is 0 Å². The fourth-order valence-electron chi connectivity index (χ4n) is 3.64. The molecule has 0 saturated carbocycles. The zero-order chi connectivity index (χ0) is 24.9. The van der Waals surface area contributed by atoms with Crippen LogP contribution in [0.25, 0.3) is 27.0 Å². The van der Waals surface area contributed by atoms with Gasteiger partial charge in [-0.25, -0.2) is 10.4 Å². The van der Waals surface area contributed by atoms with E-state index in [0.29, 0.717) is 26.6 Å². The van der Waals surface area contributed by atoms with E-state index in [9.17, 15) is 14.7 Å². The van der Waals surface area contributed by atoms with Crippen molar-refractivity contribution in [2.75, 3.05) is 5.75 Å². The number of nitrogens with one attached hydrogen (secondary N) is 1. The number of thiophene rings is 1. The van der Waals surface area contributed by atoms with Crippen LogP contribution < -0.4 is 11.0 Å². The molecule has 0 unspecified atom stereocenters. The lowest BCUT2D eigenvalue weighted by molar-refractivity contribution is -0.118. The molecular formula is C27H20N4O3S2. The second-order valence-electron chi connectivity index (χ2n) is 7.71. The molecule has 0 atom stereocenters. The van der Waals surface area contributed by atoms with Crippen molar-refractivity contribution in [1.82, 2.24) is 15.0 Å². The number of benzene rings is 3. The first kappa shape index (κ1) is 23.5. The molecule has 0 saturated heterocycles. The van der Waals surface area contributed by atoms with Crippen molar-refractivity contribution in [3.05, 3.63) is 106 Å². The third-order valence-corrected chi connectivity index (χ3v) is 7.15. The number of carbonyl (C=O) groups excluding carboxylic acids is 1. The predicted molar refractivity (Wildman–Crippen MR) is 145 cm³/mol. The van der Waals surface area contributed by atoms with Crippen LogP contribution in [0.2, 0.25) is 0 Å². The van der Waals surface area contributed by atoms with Crippen LogP contribution in [0.4, 0.5) is 0 Å². The molecule has 0 aliphatic heterocycles. The van der Waals surface area contributed by atoms with Crippen LogP contribution in [-0.4, -0.2) is 32.5 Å². The van der Waals surface area contributed by atoms with Crippen molar-refractivity contribution in [3.63, 3.8) is 0 Å². The molecule has 0 fully saturated rings. The van der Waals surface area contributed by atoms with Gasteiger partial charge in [-0.15, -0.1) is 11.3 Å². The zero-order valence-corrected chi connectivity index (χ0v) is 20.5. The smallest absolute Gasteiger partial charge is 0.268 e. The molecule has 3 aromatic carbocycles. The number of hydrogen-bond acceptors (Lipinski definition) is 7. The van der Waals surface area contributed by atoms with Crippen LogP contribution >= 0.6 is 23.1 Å². The fourth-order valence-corrected chi connectivity index (χ4v) is 5.43. The Morgan fingerprint density at radius 2 is 1.72 bits per heavy atom. The number of phenolic OH excluding ortho intramolecular Hbond substituents is 1. The Morgan fingerprint density at radius 3 is 2.47 bits per heavy atom. The minimum absolute atomic E-state index is 0.000189. The summed E-state index contributed by atoms with van der Waals surface area (Å²) < 4.78 is 1.55. The average Bonchev–Trinajstić information content (AvgIpc) is 3.34. The number of hydrazone groups is 1. The van der Waals surface area contributed by atoms with Crippen molar-refractivity contribution in [3.8, 4) is 22.6 Å². The largest absolute Gasteiger partial charge is 0.507 e. The fraction of sp³-hybridized carbons (Fsp3) is 0.0370. The van der Waals surface area contributed by atoms with Gasteiger partial charge in [-0.05, 0) is 29.8 Å². The standard InChI is InChI=1S/C27H20N4O3S2/c32-22-14-8-7-11-19(22)15-28-30-23(33)17-36-27-29-25-24(21(16-35-25)18-9-3-1-4-10-18)26(34)31(27)20-12-5-2-6-13-20/h1-16,32H,17H2,(H,30,33)/b28-15+. The number of thioether (sulfide) groups is 1. The van der Waals surface area contributed by atoms with E-state index in [1.165, 1.54) is 23.6 Å². The van der Waals surface area contributed by atoms with Crippen LogP contribution in [0.1, 0.15) is 5.56 Å². The highest BCUT2D eigenvalue weighted by molar-refractivity contribution is 7.99. The lowest BCUT2D eigenvalue weighted by Gasteiger charge is -2.12. The highest BCUT2D eigenvalue weighted by atomic mass is 32.2. The first-order valence-corrected chi connectivity index (χ1v) is 12.9. The minimum atomic E-state index is -0.364. The summed E-state index contributed by atoms with van der Waals surface area (Å²) in [5, 5.41) is 16.6. The molecule has 9 heteroatoms. The van der Waals surface area contributed by atoms with E-state index in [2.05, 4.69) is 10.5 Å². The topological polar surface area (TPSA) is 96.6 Å². The van der Waals surface area contributed by atoms with E-state index >= 15 is 0 Å². The summed E-state index contributed by atoms with van der Waals surface area (Å²) >= 11 is 2.56. The summed E-state index contributed by atoms with van der Waals surface area (Å²) in [6.07, 6.45) is 1.37. The van der Waals surface area contributed by atoms with Crippen molar-refractivity contribution in [2.45, 2.75) is 5.16 Å². The molecule has 2 N–H and O–H groups in total. The molecule has 5 aromatic rings. The molecule has 2 heterocycles. The lowest BCUT2D eigenvalue weighted by atomic mass is 10.1. The Hall–Kier alpha value is -4.21. The van der Waals surface area contributed by atoms with Gasteiger partial charge in [-0.2, -0.15) is 5.10 Å². The van der Waals surface area contributed by atoms with Gasteiger partial charge in [0.2, 0.25) is 0 Å². The summed E-state index contributed by atoms with van der Waals surface area (Å²) in [6, 6.07) is 25.7. The normalized spacial score (nSPS) is 11.2. The second kappa shape index (κ2) is 10.6. The van der Waals surface area contributed by atoms with Crippen molar-refractivity contribution in [2.24, 2.45) is 5.10 Å². The number of amides is 1. The predicted octanol–water partition coefficient (Wildman–Crippen LogP) is 5.06. The second-order valence-corrected chi connectivity index (χ2v) is 9.51. The van der Waals surface area contributed by atoms with E-state index in [4.69, 9.17) is 4.98 Å². The zero-order valence-electron chi connectivity index (χ0n) is 18.9. The molecule has 0 radical (unpaired) electrons. The van der Waals surface area contributed by atoms with Crippen LogP contribution in [0.5, 0.6) is 5.75 Å². The van der Waals surface area contributed by atoms with Gasteiger partial charge in [-0.1, -0.05) is 72.4 Å². The van der Waals surface area contributed by atoms with Crippen molar-refractivity contribution in [1.29, 1.82) is 0 Å². The molecule has 178 valence electrons. The molecule has 0 aliphatic rings. The van der Waals surface area contributed by atoms with Crippen LogP contribution in [0.15, 0.2) is 105 Å². The number of fused-ring (bicyclic) bond motifs is 1. The van der Waals surface area contributed by atoms with Gasteiger partial charge < -0.3 is 5.11 Å². The third-order valence-electron chi connectivity index (χ3n) is 5.34. The summed E-state index contributed by atoms with van der Waals surface area (Å²) in [6.45, 7) is 0. The highest BCUT2D eigenvalue weighted by Gasteiger charge is 2.19. The Kier molecular flexibility index (Phi) is 6.92. The number of hydrogen-bond donors (Lipinski definition) is 2. The van der Waals surface area contributed by atoms with Gasteiger partial charge in [0, 0.05) is 16.5 Å². The molecular weight excluding hydrogens is 492 g/mol. The Bertz CT molecular complexity index is 1610. The molecule has 5 rings (SSSR count). The van der Waals surface area contributed by atoms with Crippen LogP contribution in [0.3, 0.4) is 0 Å². The SMILES string of the molecule is O=C(CSc1nc2scc(-c3ccccc3)c2c(=O)n1-c1ccccc1)N/N=C/c1ccccc1O. The molecule has 36 heavy (non-hydrogen) atoms. The van der Waals surface area contributed by atoms with Gasteiger partial charge in [0.1, 0.15) is 10.6 Å². The highest BCUT2D eigenvalue weighted by Crippen LogP contribution is 2.32. The van der Waals surface area contributed by atoms with Crippen molar-refractivity contribution < 1.29 is 9.90 Å². The number of nitrogens with zero attached hydrogens (tertiary/aromatic N) is 3. The summed E-state index contributed by atoms with van der Waals surface area (Å²) in [7, 11) is 0. The van der Waals surface area contributed by atoms with Gasteiger partial charge >= 0.3 is 0 Å². The minimum Gasteiger partial charge on any atom is -0.507 e. The van der Waals surface area contributed by atoms with Gasteiger partial charge in [-0.3, -0.25) is 14.2 Å². The number of carbonyl (C=O) groups is 1. The molecule has 0 bridgehead atoms. The average molecular weight is 513 g/mol. The van der Waals surface area contributed by atoms with Gasteiger partial charge in [0.25, 0.3) is 11.5 Å². The maximum Gasteiger partial charge on any atom is 0.268 e. The number of para-hydroxylation sites is 2. The quantitative estimate of drug-likeness (QED) is 0.138. The Labute approximate surface area is 214 Å². The summed E-state index contributed by atoms with van der Waals surface area (Å²) in [4.78, 5) is 31.6. The maximum atomic E-state index is 13.8. The van der Waals surface area contributed by atoms with Gasteiger partial charge in [0.05, 0.1) is 23.0 Å². The number of rotatable bonds is 7. The third kappa shape index (κ3) is 4.93. The Balaban J connectivity index is 1.45. The van der Waals surface area contributed by atoms with E-state index in [1.807, 2.05) is 66.0 Å². The van der Waals surface area contributed by atoms with E-state index < -0.39 is 0 Å². The molecule has 1 amide bonds. The molecule has 7 nitrogen and oxygen atoms in total. The Morgan fingerprint density at radius 1 is 1.03 bits per heavy atom. The van der Waals surface area contributed by atoms with E-state index in [0.717, 1.165) is 22.9 Å². The molecule has 0 spiro atoms. The molecule has 2 aromatic heterocycles. The first-order valence-electron chi connectivity index (χ1n) is 11.0. The van der Waals surface area contributed by atoms with Gasteiger partial charge in [0.15, 0.2) is 5.16 Å². The summed E-state index contributed by atoms with van der Waals surface area (Å²) in [5.41, 5.74) is 5.21. The number of aromatic hydroxyl groups is 1.